The number of carbonyl (C=O) groups is 1. The predicted molar refractivity (Wildman–Crippen MR) is 56.4 cm³/mol. The van der Waals surface area contributed by atoms with Crippen LogP contribution in [0.4, 0.5) is 0 Å². The second-order valence-corrected chi connectivity index (χ2v) is 4.57. The SMILES string of the molecule is CCOC(=O)C1CCC2OCCCC2C1. The van der Waals surface area contributed by atoms with E-state index in [-0.39, 0.29) is 11.9 Å². The molecule has 86 valence electrons. The molecule has 0 aromatic heterocycles. The molecule has 1 saturated carbocycles. The molecule has 15 heavy (non-hydrogen) atoms. The first-order valence-corrected chi connectivity index (χ1v) is 6.09. The first kappa shape index (κ1) is 10.9. The van der Waals surface area contributed by atoms with Crippen molar-refractivity contribution in [3.05, 3.63) is 0 Å². The molecule has 1 saturated heterocycles. The van der Waals surface area contributed by atoms with E-state index < -0.39 is 0 Å². The van der Waals surface area contributed by atoms with E-state index in [4.69, 9.17) is 9.47 Å². The molecule has 1 aliphatic carbocycles. The van der Waals surface area contributed by atoms with Crippen LogP contribution < -0.4 is 0 Å². The first-order chi connectivity index (χ1) is 7.31. The van der Waals surface area contributed by atoms with E-state index in [0.717, 1.165) is 32.3 Å². The van der Waals surface area contributed by atoms with Gasteiger partial charge in [0.2, 0.25) is 0 Å². The molecule has 0 radical (unpaired) electrons. The number of hydrogen-bond acceptors (Lipinski definition) is 3. The van der Waals surface area contributed by atoms with Crippen LogP contribution in [0.25, 0.3) is 0 Å². The maximum Gasteiger partial charge on any atom is 0.308 e. The van der Waals surface area contributed by atoms with Crippen LogP contribution in [0.2, 0.25) is 0 Å². The van der Waals surface area contributed by atoms with Crippen molar-refractivity contribution >= 4 is 5.97 Å². The molecule has 0 aromatic carbocycles. The van der Waals surface area contributed by atoms with Gasteiger partial charge in [0.05, 0.1) is 18.6 Å². The van der Waals surface area contributed by atoms with E-state index in [1.54, 1.807) is 0 Å². The Bertz CT molecular complexity index is 227. The van der Waals surface area contributed by atoms with Crippen molar-refractivity contribution in [2.75, 3.05) is 13.2 Å². The van der Waals surface area contributed by atoms with Gasteiger partial charge in [-0.1, -0.05) is 0 Å². The van der Waals surface area contributed by atoms with Crippen molar-refractivity contribution in [2.45, 2.75) is 45.1 Å². The highest BCUT2D eigenvalue weighted by Crippen LogP contribution is 2.37. The zero-order valence-electron chi connectivity index (χ0n) is 9.41. The van der Waals surface area contributed by atoms with Gasteiger partial charge in [0, 0.05) is 6.61 Å². The smallest absolute Gasteiger partial charge is 0.308 e. The first-order valence-electron chi connectivity index (χ1n) is 6.09. The Morgan fingerprint density at radius 2 is 2.27 bits per heavy atom. The summed E-state index contributed by atoms with van der Waals surface area (Å²) in [6, 6.07) is 0. The summed E-state index contributed by atoms with van der Waals surface area (Å²) in [6.45, 7) is 3.28. The van der Waals surface area contributed by atoms with Gasteiger partial charge in [-0.3, -0.25) is 4.79 Å². The van der Waals surface area contributed by atoms with Gasteiger partial charge in [-0.15, -0.1) is 0 Å². The molecule has 3 atom stereocenters. The van der Waals surface area contributed by atoms with Crippen LogP contribution in [0.15, 0.2) is 0 Å². The van der Waals surface area contributed by atoms with Crippen LogP contribution in [0.3, 0.4) is 0 Å². The third-order valence-electron chi connectivity index (χ3n) is 3.58. The summed E-state index contributed by atoms with van der Waals surface area (Å²) in [4.78, 5) is 11.6. The Balaban J connectivity index is 1.87. The number of carbonyl (C=O) groups excluding carboxylic acids is 1. The fourth-order valence-corrected chi connectivity index (χ4v) is 2.81. The summed E-state index contributed by atoms with van der Waals surface area (Å²) in [6.07, 6.45) is 5.75. The van der Waals surface area contributed by atoms with Crippen LogP contribution in [0, 0.1) is 11.8 Å². The van der Waals surface area contributed by atoms with E-state index >= 15 is 0 Å². The highest BCUT2D eigenvalue weighted by Gasteiger charge is 2.36. The summed E-state index contributed by atoms with van der Waals surface area (Å²) in [5, 5.41) is 0. The Kier molecular flexibility index (Phi) is 3.62. The van der Waals surface area contributed by atoms with Crippen molar-refractivity contribution < 1.29 is 14.3 Å². The molecule has 2 rings (SSSR count). The number of esters is 1. The van der Waals surface area contributed by atoms with Crippen LogP contribution in [0.1, 0.15) is 39.0 Å². The van der Waals surface area contributed by atoms with Crippen molar-refractivity contribution in [1.29, 1.82) is 0 Å². The predicted octanol–water partition coefficient (Wildman–Crippen LogP) is 2.14. The summed E-state index contributed by atoms with van der Waals surface area (Å²) in [5.74, 6) is 0.733. The number of rotatable bonds is 2. The molecule has 2 aliphatic rings. The van der Waals surface area contributed by atoms with E-state index in [1.165, 1.54) is 6.42 Å². The molecule has 1 aliphatic heterocycles. The highest BCUT2D eigenvalue weighted by molar-refractivity contribution is 5.72. The van der Waals surface area contributed by atoms with Crippen molar-refractivity contribution in [3.63, 3.8) is 0 Å². The molecular formula is C12H20O3. The highest BCUT2D eigenvalue weighted by atomic mass is 16.5. The van der Waals surface area contributed by atoms with Gasteiger partial charge in [-0.2, -0.15) is 0 Å². The van der Waals surface area contributed by atoms with E-state index in [0.29, 0.717) is 18.6 Å². The number of hydrogen-bond donors (Lipinski definition) is 0. The lowest BCUT2D eigenvalue weighted by Crippen LogP contribution is -2.37. The fourth-order valence-electron chi connectivity index (χ4n) is 2.81. The maximum absolute atomic E-state index is 11.6. The molecule has 0 spiro atoms. The third kappa shape index (κ3) is 2.51. The average Bonchev–Trinajstić information content (AvgIpc) is 2.29. The Morgan fingerprint density at radius 1 is 1.40 bits per heavy atom. The van der Waals surface area contributed by atoms with Gasteiger partial charge < -0.3 is 9.47 Å². The minimum absolute atomic E-state index is 0.00141. The van der Waals surface area contributed by atoms with Gasteiger partial charge in [0.1, 0.15) is 0 Å². The van der Waals surface area contributed by atoms with E-state index in [1.807, 2.05) is 6.92 Å². The zero-order chi connectivity index (χ0) is 10.7. The lowest BCUT2D eigenvalue weighted by Gasteiger charge is -2.38. The van der Waals surface area contributed by atoms with Crippen molar-refractivity contribution in [1.82, 2.24) is 0 Å². The van der Waals surface area contributed by atoms with Crippen molar-refractivity contribution in [3.8, 4) is 0 Å². The summed E-state index contributed by atoms with van der Waals surface area (Å²) < 4.78 is 10.8. The molecule has 3 nitrogen and oxygen atoms in total. The van der Waals surface area contributed by atoms with E-state index in [9.17, 15) is 4.79 Å². The van der Waals surface area contributed by atoms with Gasteiger partial charge in [0.25, 0.3) is 0 Å². The standard InChI is InChI=1S/C12H20O3/c1-2-14-12(13)10-5-6-11-9(8-10)4-3-7-15-11/h9-11H,2-8H2,1H3. The molecule has 1 heterocycles. The number of fused-ring (bicyclic) bond motifs is 1. The Labute approximate surface area is 91.1 Å². The summed E-state index contributed by atoms with van der Waals surface area (Å²) >= 11 is 0. The zero-order valence-corrected chi connectivity index (χ0v) is 9.41. The normalized spacial score (nSPS) is 35.7. The second-order valence-electron chi connectivity index (χ2n) is 4.57. The summed E-state index contributed by atoms with van der Waals surface area (Å²) in [7, 11) is 0. The van der Waals surface area contributed by atoms with Crippen molar-refractivity contribution in [2.24, 2.45) is 11.8 Å². The van der Waals surface area contributed by atoms with E-state index in [2.05, 4.69) is 0 Å². The molecular weight excluding hydrogens is 192 g/mol. The molecule has 0 amide bonds. The average molecular weight is 212 g/mol. The molecule has 3 unspecified atom stereocenters. The minimum atomic E-state index is 0.00141. The fraction of sp³-hybridized carbons (Fsp3) is 0.917. The summed E-state index contributed by atoms with van der Waals surface area (Å²) in [5.41, 5.74) is 0. The largest absolute Gasteiger partial charge is 0.466 e. The van der Waals surface area contributed by atoms with Crippen LogP contribution >= 0.6 is 0 Å². The van der Waals surface area contributed by atoms with Gasteiger partial charge >= 0.3 is 5.97 Å². The molecule has 0 aromatic rings. The Morgan fingerprint density at radius 3 is 3.07 bits per heavy atom. The monoisotopic (exact) mass is 212 g/mol. The van der Waals surface area contributed by atoms with Crippen LogP contribution in [-0.2, 0) is 14.3 Å². The Hall–Kier alpha value is -0.570. The molecule has 2 fully saturated rings. The van der Waals surface area contributed by atoms with Gasteiger partial charge in [-0.25, -0.2) is 0 Å². The van der Waals surface area contributed by atoms with Crippen LogP contribution in [0.5, 0.6) is 0 Å². The lowest BCUT2D eigenvalue weighted by atomic mass is 9.76. The maximum atomic E-state index is 11.6. The minimum Gasteiger partial charge on any atom is -0.466 e. The van der Waals surface area contributed by atoms with Gasteiger partial charge in [-0.05, 0) is 44.9 Å². The second kappa shape index (κ2) is 4.97. The third-order valence-corrected chi connectivity index (χ3v) is 3.58. The molecule has 0 N–H and O–H groups in total. The topological polar surface area (TPSA) is 35.5 Å². The number of ether oxygens (including phenoxy) is 2. The van der Waals surface area contributed by atoms with Crippen LogP contribution in [-0.4, -0.2) is 25.3 Å². The molecule has 3 heteroatoms. The quantitative estimate of drug-likeness (QED) is 0.658. The lowest BCUT2D eigenvalue weighted by molar-refractivity contribution is -0.152. The molecule has 0 bridgehead atoms. The van der Waals surface area contributed by atoms with Gasteiger partial charge in [0.15, 0.2) is 0 Å².